The van der Waals surface area contributed by atoms with E-state index in [0.29, 0.717) is 5.69 Å². The fourth-order valence-corrected chi connectivity index (χ4v) is 1.12. The molecule has 0 spiro atoms. The average molecular weight is 203 g/mol. The smallest absolute Gasteiger partial charge is 0.376 e. The quantitative estimate of drug-likeness (QED) is 0.777. The van der Waals surface area contributed by atoms with Crippen LogP contribution in [-0.2, 0) is 0 Å². The Hall–Kier alpha value is -1.19. The highest BCUT2D eigenvalue weighted by atomic mass is 19.4. The van der Waals surface area contributed by atoms with Gasteiger partial charge in [-0.05, 0) is 31.0 Å². The van der Waals surface area contributed by atoms with Crippen LogP contribution in [0.2, 0.25) is 0 Å². The van der Waals surface area contributed by atoms with Crippen molar-refractivity contribution in [3.63, 3.8) is 0 Å². The third-order valence-corrected chi connectivity index (χ3v) is 1.87. The van der Waals surface area contributed by atoms with E-state index >= 15 is 0 Å². The summed E-state index contributed by atoms with van der Waals surface area (Å²) in [4.78, 5) is 0. The lowest BCUT2D eigenvalue weighted by molar-refractivity contribution is -0.115. The number of rotatable bonds is 2. The Morgan fingerprint density at radius 3 is 2.43 bits per heavy atom. The molecule has 14 heavy (non-hydrogen) atoms. The van der Waals surface area contributed by atoms with E-state index in [9.17, 15) is 13.2 Å². The molecule has 1 nitrogen and oxygen atoms in total. The summed E-state index contributed by atoms with van der Waals surface area (Å²) in [5, 5.41) is 2.37. The molecular formula is C10H12F3N. The molecule has 1 rings (SSSR count). The summed E-state index contributed by atoms with van der Waals surface area (Å²) in [7, 11) is 0. The van der Waals surface area contributed by atoms with Crippen LogP contribution < -0.4 is 5.32 Å². The Balaban J connectivity index is 2.72. The second-order valence-corrected chi connectivity index (χ2v) is 3.29. The van der Waals surface area contributed by atoms with Gasteiger partial charge >= 0.3 is 6.18 Å². The molecule has 0 radical (unpaired) electrons. The van der Waals surface area contributed by atoms with Crippen molar-refractivity contribution in [3.05, 3.63) is 29.3 Å². The molecule has 0 unspecified atom stereocenters. The van der Waals surface area contributed by atoms with E-state index in [1.54, 1.807) is 19.1 Å². The number of hydrogen-bond donors (Lipinski definition) is 1. The first kappa shape index (κ1) is 10.9. The minimum absolute atomic E-state index is 0.544. The Morgan fingerprint density at radius 2 is 1.86 bits per heavy atom. The maximum Gasteiger partial charge on any atom is 0.405 e. The maximum atomic E-state index is 11.9. The van der Waals surface area contributed by atoms with Crippen LogP contribution in [0.25, 0.3) is 0 Å². The topological polar surface area (TPSA) is 12.0 Å². The van der Waals surface area contributed by atoms with Crippen LogP contribution >= 0.6 is 0 Å². The number of aryl methyl sites for hydroxylation is 2. The van der Waals surface area contributed by atoms with E-state index in [-0.39, 0.29) is 0 Å². The van der Waals surface area contributed by atoms with E-state index in [0.717, 1.165) is 11.1 Å². The summed E-state index contributed by atoms with van der Waals surface area (Å²) >= 11 is 0. The fourth-order valence-electron chi connectivity index (χ4n) is 1.12. The van der Waals surface area contributed by atoms with Crippen molar-refractivity contribution < 1.29 is 13.2 Å². The van der Waals surface area contributed by atoms with E-state index in [4.69, 9.17) is 0 Å². The lowest BCUT2D eigenvalue weighted by Gasteiger charge is -2.12. The highest BCUT2D eigenvalue weighted by molar-refractivity contribution is 5.52. The summed E-state index contributed by atoms with van der Waals surface area (Å²) in [6, 6.07) is 5.38. The first-order valence-electron chi connectivity index (χ1n) is 4.26. The second kappa shape index (κ2) is 3.90. The van der Waals surface area contributed by atoms with E-state index < -0.39 is 12.7 Å². The lowest BCUT2D eigenvalue weighted by atomic mass is 10.1. The molecule has 0 atom stereocenters. The Kier molecular flexibility index (Phi) is 3.03. The van der Waals surface area contributed by atoms with Crippen molar-refractivity contribution in [1.82, 2.24) is 0 Å². The molecule has 4 heteroatoms. The molecule has 0 heterocycles. The molecule has 1 aromatic rings. The van der Waals surface area contributed by atoms with Gasteiger partial charge in [0.15, 0.2) is 0 Å². The van der Waals surface area contributed by atoms with E-state index in [1.165, 1.54) is 0 Å². The van der Waals surface area contributed by atoms with Gasteiger partial charge in [-0.1, -0.05) is 12.1 Å². The van der Waals surface area contributed by atoms with Gasteiger partial charge in [-0.2, -0.15) is 13.2 Å². The number of halogens is 3. The van der Waals surface area contributed by atoms with Gasteiger partial charge in [0.05, 0.1) is 0 Å². The van der Waals surface area contributed by atoms with E-state index in [1.807, 2.05) is 13.0 Å². The Labute approximate surface area is 80.9 Å². The van der Waals surface area contributed by atoms with Crippen LogP contribution in [0.5, 0.6) is 0 Å². The van der Waals surface area contributed by atoms with Crippen LogP contribution in [0.3, 0.4) is 0 Å². The van der Waals surface area contributed by atoms with Crippen LogP contribution in [0.4, 0.5) is 18.9 Å². The van der Waals surface area contributed by atoms with Crippen molar-refractivity contribution in [2.24, 2.45) is 0 Å². The molecule has 0 bridgehead atoms. The molecule has 1 N–H and O–H groups in total. The first-order chi connectivity index (χ1) is 6.38. The van der Waals surface area contributed by atoms with Crippen molar-refractivity contribution in [2.75, 3.05) is 11.9 Å². The summed E-state index contributed by atoms with van der Waals surface area (Å²) in [5.74, 6) is 0. The minimum atomic E-state index is -4.17. The molecular weight excluding hydrogens is 191 g/mol. The molecule has 0 aliphatic heterocycles. The van der Waals surface area contributed by atoms with Gasteiger partial charge in [0.25, 0.3) is 0 Å². The number of benzene rings is 1. The largest absolute Gasteiger partial charge is 0.405 e. The van der Waals surface area contributed by atoms with Crippen molar-refractivity contribution in [2.45, 2.75) is 20.0 Å². The van der Waals surface area contributed by atoms with Gasteiger partial charge in [0.2, 0.25) is 0 Å². The minimum Gasteiger partial charge on any atom is -0.376 e. The Morgan fingerprint density at radius 1 is 1.21 bits per heavy atom. The maximum absolute atomic E-state index is 11.9. The summed E-state index contributed by atoms with van der Waals surface area (Å²) in [5.41, 5.74) is 2.31. The number of hydrogen-bond acceptors (Lipinski definition) is 1. The molecule has 0 aromatic heterocycles. The molecule has 78 valence electrons. The number of nitrogens with one attached hydrogen (secondary N) is 1. The fraction of sp³-hybridized carbons (Fsp3) is 0.400. The second-order valence-electron chi connectivity index (χ2n) is 3.29. The van der Waals surface area contributed by atoms with Crippen LogP contribution in [0.15, 0.2) is 18.2 Å². The highest BCUT2D eigenvalue weighted by Gasteiger charge is 2.26. The van der Waals surface area contributed by atoms with Gasteiger partial charge in [0, 0.05) is 5.69 Å². The Bertz CT molecular complexity index is 318. The highest BCUT2D eigenvalue weighted by Crippen LogP contribution is 2.20. The zero-order chi connectivity index (χ0) is 10.8. The van der Waals surface area contributed by atoms with E-state index in [2.05, 4.69) is 5.32 Å². The predicted octanol–water partition coefficient (Wildman–Crippen LogP) is 3.28. The monoisotopic (exact) mass is 203 g/mol. The van der Waals surface area contributed by atoms with Crippen LogP contribution in [0, 0.1) is 13.8 Å². The summed E-state index contributed by atoms with van der Waals surface area (Å²) in [6.07, 6.45) is -4.17. The molecule has 0 fully saturated rings. The summed E-state index contributed by atoms with van der Waals surface area (Å²) < 4.78 is 35.7. The third kappa shape index (κ3) is 3.28. The molecule has 0 aliphatic rings. The number of alkyl halides is 3. The van der Waals surface area contributed by atoms with Gasteiger partial charge in [-0.15, -0.1) is 0 Å². The molecule has 0 amide bonds. The van der Waals surface area contributed by atoms with Crippen LogP contribution in [-0.4, -0.2) is 12.7 Å². The van der Waals surface area contributed by atoms with Crippen LogP contribution in [0.1, 0.15) is 11.1 Å². The van der Waals surface area contributed by atoms with Crippen molar-refractivity contribution in [1.29, 1.82) is 0 Å². The van der Waals surface area contributed by atoms with Gasteiger partial charge < -0.3 is 5.32 Å². The van der Waals surface area contributed by atoms with Gasteiger partial charge in [0.1, 0.15) is 6.54 Å². The number of anilines is 1. The van der Waals surface area contributed by atoms with Gasteiger partial charge in [-0.25, -0.2) is 0 Å². The molecule has 0 aliphatic carbocycles. The lowest BCUT2D eigenvalue weighted by Crippen LogP contribution is -2.21. The third-order valence-electron chi connectivity index (χ3n) is 1.87. The zero-order valence-corrected chi connectivity index (χ0v) is 8.07. The predicted molar refractivity (Wildman–Crippen MR) is 50.5 cm³/mol. The van der Waals surface area contributed by atoms with Crippen molar-refractivity contribution in [3.8, 4) is 0 Å². The SMILES string of the molecule is Cc1ccc(C)c(NCC(F)(F)F)c1. The average Bonchev–Trinajstić information content (AvgIpc) is 2.05. The summed E-state index contributed by atoms with van der Waals surface area (Å²) in [6.45, 7) is 2.63. The van der Waals surface area contributed by atoms with Crippen molar-refractivity contribution >= 4 is 5.69 Å². The first-order valence-corrected chi connectivity index (χ1v) is 4.26. The standard InChI is InChI=1S/C10H12F3N/c1-7-3-4-8(2)9(5-7)14-6-10(11,12)13/h3-5,14H,6H2,1-2H3. The normalized spacial score (nSPS) is 11.5. The molecule has 1 aromatic carbocycles. The molecule has 0 saturated carbocycles. The molecule has 0 saturated heterocycles. The van der Waals surface area contributed by atoms with Gasteiger partial charge in [-0.3, -0.25) is 0 Å². The zero-order valence-electron chi connectivity index (χ0n) is 8.07.